The number of rotatable bonds is 6. The van der Waals surface area contributed by atoms with Gasteiger partial charge in [0.25, 0.3) is 0 Å². The van der Waals surface area contributed by atoms with Crippen molar-refractivity contribution < 1.29 is 9.53 Å². The summed E-state index contributed by atoms with van der Waals surface area (Å²) in [6.07, 6.45) is 1.71. The van der Waals surface area contributed by atoms with Crippen LogP contribution in [-0.2, 0) is 4.79 Å². The Hall–Kier alpha value is -1.89. The van der Waals surface area contributed by atoms with Crippen LogP contribution in [0.3, 0.4) is 0 Å². The second kappa shape index (κ2) is 7.93. The number of nitrogens with zero attached hydrogens (tertiary/aromatic N) is 5. The summed E-state index contributed by atoms with van der Waals surface area (Å²) in [6.45, 7) is 9.38. The minimum atomic E-state index is 0.205. The number of carbonyl (C=O) groups excluding carboxylic acids is 1. The first-order valence-electron chi connectivity index (χ1n) is 7.80. The number of hydrogen-bond acceptors (Lipinski definition) is 6. The molecule has 22 heavy (non-hydrogen) atoms. The molecule has 7 heteroatoms. The first-order chi connectivity index (χ1) is 10.7. The SMILES string of the molecule is CCN(CC)C(=O)CN1CCN(c2nccc(OC)n2)CC1. The summed E-state index contributed by atoms with van der Waals surface area (Å²) in [5.74, 6) is 1.47. The molecule has 0 spiro atoms. The Morgan fingerprint density at radius 2 is 1.95 bits per heavy atom. The highest BCUT2D eigenvalue weighted by Gasteiger charge is 2.22. The Morgan fingerprint density at radius 1 is 1.27 bits per heavy atom. The number of anilines is 1. The van der Waals surface area contributed by atoms with Gasteiger partial charge in [0.15, 0.2) is 0 Å². The molecule has 0 bridgehead atoms. The van der Waals surface area contributed by atoms with Crippen LogP contribution >= 0.6 is 0 Å². The van der Waals surface area contributed by atoms with Crippen molar-refractivity contribution in [2.24, 2.45) is 0 Å². The van der Waals surface area contributed by atoms with Crippen LogP contribution in [0.5, 0.6) is 5.88 Å². The van der Waals surface area contributed by atoms with Crippen molar-refractivity contribution in [3.63, 3.8) is 0 Å². The lowest BCUT2D eigenvalue weighted by Gasteiger charge is -2.35. The van der Waals surface area contributed by atoms with E-state index in [9.17, 15) is 4.79 Å². The Balaban J connectivity index is 1.86. The quantitative estimate of drug-likeness (QED) is 0.761. The molecule has 0 aliphatic carbocycles. The molecule has 122 valence electrons. The summed E-state index contributed by atoms with van der Waals surface area (Å²) in [4.78, 5) is 27.0. The van der Waals surface area contributed by atoms with E-state index in [1.54, 1.807) is 19.4 Å². The lowest BCUT2D eigenvalue weighted by molar-refractivity contribution is -0.132. The van der Waals surface area contributed by atoms with Gasteiger partial charge in [-0.15, -0.1) is 0 Å². The lowest BCUT2D eigenvalue weighted by Crippen LogP contribution is -2.50. The number of ether oxygens (including phenoxy) is 1. The van der Waals surface area contributed by atoms with Crippen LogP contribution in [0.25, 0.3) is 0 Å². The zero-order valence-electron chi connectivity index (χ0n) is 13.7. The van der Waals surface area contributed by atoms with Gasteiger partial charge in [-0.05, 0) is 13.8 Å². The van der Waals surface area contributed by atoms with E-state index in [0.717, 1.165) is 39.3 Å². The first-order valence-corrected chi connectivity index (χ1v) is 7.80. The van der Waals surface area contributed by atoms with Crippen LogP contribution in [0.1, 0.15) is 13.8 Å². The maximum atomic E-state index is 12.1. The minimum Gasteiger partial charge on any atom is -0.481 e. The van der Waals surface area contributed by atoms with Gasteiger partial charge in [0.2, 0.25) is 17.7 Å². The Bertz CT molecular complexity index is 485. The highest BCUT2D eigenvalue weighted by atomic mass is 16.5. The van der Waals surface area contributed by atoms with Crippen molar-refractivity contribution in [2.75, 3.05) is 57.8 Å². The molecule has 2 heterocycles. The van der Waals surface area contributed by atoms with Gasteiger partial charge in [-0.2, -0.15) is 4.98 Å². The summed E-state index contributed by atoms with van der Waals surface area (Å²) >= 11 is 0. The molecule has 1 aromatic heterocycles. The normalized spacial score (nSPS) is 15.7. The van der Waals surface area contributed by atoms with Crippen molar-refractivity contribution in [3.8, 4) is 5.88 Å². The fraction of sp³-hybridized carbons (Fsp3) is 0.667. The number of hydrogen-bond donors (Lipinski definition) is 0. The van der Waals surface area contributed by atoms with Crippen LogP contribution in [0.15, 0.2) is 12.3 Å². The van der Waals surface area contributed by atoms with E-state index in [0.29, 0.717) is 18.4 Å². The highest BCUT2D eigenvalue weighted by Crippen LogP contribution is 2.14. The smallest absolute Gasteiger partial charge is 0.236 e. The lowest BCUT2D eigenvalue weighted by atomic mass is 10.3. The molecule has 0 unspecified atom stereocenters. The zero-order valence-corrected chi connectivity index (χ0v) is 13.7. The Kier molecular flexibility index (Phi) is 5.94. The van der Waals surface area contributed by atoms with Gasteiger partial charge in [-0.3, -0.25) is 9.69 Å². The molecule has 0 N–H and O–H groups in total. The van der Waals surface area contributed by atoms with Gasteiger partial charge in [-0.1, -0.05) is 0 Å². The monoisotopic (exact) mass is 307 g/mol. The van der Waals surface area contributed by atoms with Crippen LogP contribution in [0, 0.1) is 0 Å². The molecule has 0 aromatic carbocycles. The Labute approximate surface area is 131 Å². The van der Waals surface area contributed by atoms with Gasteiger partial charge in [-0.25, -0.2) is 4.98 Å². The predicted octanol–water partition coefficient (Wildman–Crippen LogP) is 0.476. The molecule has 1 fully saturated rings. The standard InChI is InChI=1S/C15H25N5O2/c1-4-19(5-2)14(21)12-18-8-10-20(11-9-18)15-16-7-6-13(17-15)22-3/h6-7H,4-5,8-12H2,1-3H3. The number of piperazine rings is 1. The highest BCUT2D eigenvalue weighted by molar-refractivity contribution is 5.78. The predicted molar refractivity (Wildman–Crippen MR) is 85.2 cm³/mol. The van der Waals surface area contributed by atoms with E-state index in [1.807, 2.05) is 18.7 Å². The second-order valence-corrected chi connectivity index (χ2v) is 5.23. The topological polar surface area (TPSA) is 61.8 Å². The van der Waals surface area contributed by atoms with E-state index in [-0.39, 0.29) is 5.91 Å². The molecule has 1 aromatic rings. The van der Waals surface area contributed by atoms with Gasteiger partial charge in [0.05, 0.1) is 13.7 Å². The van der Waals surface area contributed by atoms with Crippen molar-refractivity contribution in [2.45, 2.75) is 13.8 Å². The molecule has 1 amide bonds. The maximum Gasteiger partial charge on any atom is 0.236 e. The van der Waals surface area contributed by atoms with Gasteiger partial charge < -0.3 is 14.5 Å². The third-order valence-electron chi connectivity index (χ3n) is 3.96. The van der Waals surface area contributed by atoms with E-state index in [4.69, 9.17) is 4.74 Å². The van der Waals surface area contributed by atoms with Crippen molar-refractivity contribution >= 4 is 11.9 Å². The fourth-order valence-electron chi connectivity index (χ4n) is 2.57. The molecule has 0 atom stereocenters. The molecular formula is C15H25N5O2. The van der Waals surface area contributed by atoms with E-state index >= 15 is 0 Å². The molecular weight excluding hydrogens is 282 g/mol. The second-order valence-electron chi connectivity index (χ2n) is 5.23. The summed E-state index contributed by atoms with van der Waals surface area (Å²) in [7, 11) is 1.60. The number of amides is 1. The van der Waals surface area contributed by atoms with Crippen molar-refractivity contribution in [3.05, 3.63) is 12.3 Å². The van der Waals surface area contributed by atoms with Crippen LogP contribution < -0.4 is 9.64 Å². The molecule has 0 radical (unpaired) electrons. The number of carbonyl (C=O) groups is 1. The number of likely N-dealkylation sites (N-methyl/N-ethyl adjacent to an activating group) is 1. The largest absolute Gasteiger partial charge is 0.481 e. The third kappa shape index (κ3) is 4.07. The molecule has 7 nitrogen and oxygen atoms in total. The first kappa shape index (κ1) is 16.5. The average molecular weight is 307 g/mol. The Morgan fingerprint density at radius 3 is 2.55 bits per heavy atom. The molecule has 1 aliphatic heterocycles. The van der Waals surface area contributed by atoms with Crippen LogP contribution in [-0.4, -0.2) is 78.6 Å². The summed E-state index contributed by atoms with van der Waals surface area (Å²) in [5, 5.41) is 0. The third-order valence-corrected chi connectivity index (χ3v) is 3.96. The fourth-order valence-corrected chi connectivity index (χ4v) is 2.57. The van der Waals surface area contributed by atoms with Crippen LogP contribution in [0.2, 0.25) is 0 Å². The maximum absolute atomic E-state index is 12.1. The van der Waals surface area contributed by atoms with Gasteiger partial charge in [0, 0.05) is 51.5 Å². The molecule has 2 rings (SSSR count). The van der Waals surface area contributed by atoms with Gasteiger partial charge >= 0.3 is 0 Å². The van der Waals surface area contributed by atoms with Crippen molar-refractivity contribution in [1.29, 1.82) is 0 Å². The van der Waals surface area contributed by atoms with E-state index in [2.05, 4.69) is 19.8 Å². The number of methoxy groups -OCH3 is 1. The average Bonchev–Trinajstić information content (AvgIpc) is 2.56. The minimum absolute atomic E-state index is 0.205. The zero-order chi connectivity index (χ0) is 15.9. The van der Waals surface area contributed by atoms with Crippen LogP contribution in [0.4, 0.5) is 5.95 Å². The van der Waals surface area contributed by atoms with E-state index < -0.39 is 0 Å². The molecule has 1 aliphatic rings. The summed E-state index contributed by atoms with van der Waals surface area (Å²) < 4.78 is 5.13. The summed E-state index contributed by atoms with van der Waals surface area (Å²) in [5.41, 5.74) is 0. The summed E-state index contributed by atoms with van der Waals surface area (Å²) in [6, 6.07) is 1.74. The van der Waals surface area contributed by atoms with E-state index in [1.165, 1.54) is 0 Å². The molecule has 0 saturated carbocycles. The molecule has 1 saturated heterocycles. The van der Waals surface area contributed by atoms with Crippen molar-refractivity contribution in [1.82, 2.24) is 19.8 Å². The van der Waals surface area contributed by atoms with Gasteiger partial charge in [0.1, 0.15) is 0 Å². The number of aromatic nitrogens is 2.